The molecule has 1 atom stereocenters. The Morgan fingerprint density at radius 1 is 1.47 bits per heavy atom. The van der Waals surface area contributed by atoms with Crippen LogP contribution in [0, 0.1) is 5.92 Å². The minimum atomic E-state index is -0.450. The zero-order chi connectivity index (χ0) is 12.4. The molecule has 5 nitrogen and oxygen atoms in total. The summed E-state index contributed by atoms with van der Waals surface area (Å²) in [4.78, 5) is 11.8. The fourth-order valence-corrected chi connectivity index (χ4v) is 1.73. The van der Waals surface area contributed by atoms with Crippen molar-refractivity contribution in [2.24, 2.45) is 5.92 Å². The molecular formula is C12H17N3O2. The highest BCUT2D eigenvalue weighted by atomic mass is 16.3. The van der Waals surface area contributed by atoms with Crippen LogP contribution in [0.5, 0.6) is 0 Å². The molecule has 0 aromatic heterocycles. The van der Waals surface area contributed by atoms with Crippen molar-refractivity contribution in [1.29, 1.82) is 0 Å². The number of nitrogens with two attached hydrogens (primary N) is 2. The molecule has 1 aliphatic carbocycles. The molecule has 0 bridgehead atoms. The van der Waals surface area contributed by atoms with Crippen LogP contribution in [0.3, 0.4) is 0 Å². The van der Waals surface area contributed by atoms with E-state index in [0.29, 0.717) is 22.9 Å². The third-order valence-corrected chi connectivity index (χ3v) is 2.96. The fraction of sp³-hybridized carbons (Fsp3) is 0.417. The number of nitrogen functional groups attached to an aromatic ring is 2. The number of aliphatic hydroxyl groups is 1. The second kappa shape index (κ2) is 4.63. The molecule has 1 fully saturated rings. The van der Waals surface area contributed by atoms with Gasteiger partial charge in [0.25, 0.3) is 5.91 Å². The lowest BCUT2D eigenvalue weighted by Crippen LogP contribution is -2.33. The Bertz CT molecular complexity index is 430. The number of benzene rings is 1. The van der Waals surface area contributed by atoms with E-state index >= 15 is 0 Å². The van der Waals surface area contributed by atoms with Crippen molar-refractivity contribution in [2.45, 2.75) is 18.9 Å². The normalized spacial score (nSPS) is 16.5. The van der Waals surface area contributed by atoms with E-state index in [1.165, 1.54) is 0 Å². The zero-order valence-corrected chi connectivity index (χ0v) is 9.52. The zero-order valence-electron chi connectivity index (χ0n) is 9.52. The number of nitrogens with one attached hydrogen (secondary N) is 1. The number of hydrogen-bond acceptors (Lipinski definition) is 4. The topological polar surface area (TPSA) is 101 Å². The molecule has 5 heteroatoms. The van der Waals surface area contributed by atoms with Gasteiger partial charge < -0.3 is 21.9 Å². The summed E-state index contributed by atoms with van der Waals surface area (Å²) in [6.07, 6.45) is 1.64. The third kappa shape index (κ3) is 2.88. The van der Waals surface area contributed by atoms with Gasteiger partial charge >= 0.3 is 0 Å². The monoisotopic (exact) mass is 235 g/mol. The van der Waals surface area contributed by atoms with Crippen molar-refractivity contribution in [2.75, 3.05) is 18.0 Å². The minimum absolute atomic E-state index is 0.271. The number of aliphatic hydroxyl groups excluding tert-OH is 1. The van der Waals surface area contributed by atoms with Crippen molar-refractivity contribution >= 4 is 17.3 Å². The van der Waals surface area contributed by atoms with Gasteiger partial charge in [-0.2, -0.15) is 0 Å². The van der Waals surface area contributed by atoms with Crippen molar-refractivity contribution in [3.8, 4) is 0 Å². The molecular weight excluding hydrogens is 218 g/mol. The van der Waals surface area contributed by atoms with Gasteiger partial charge in [0.2, 0.25) is 0 Å². The lowest BCUT2D eigenvalue weighted by Gasteiger charge is -2.11. The maximum atomic E-state index is 11.8. The molecule has 1 amide bonds. The summed E-state index contributed by atoms with van der Waals surface area (Å²) in [5.41, 5.74) is 12.5. The maximum Gasteiger partial charge on any atom is 0.253 e. The van der Waals surface area contributed by atoms with Gasteiger partial charge in [-0.25, -0.2) is 0 Å². The Morgan fingerprint density at radius 2 is 2.18 bits per heavy atom. The van der Waals surface area contributed by atoms with Crippen LogP contribution in [0.25, 0.3) is 0 Å². The molecule has 0 saturated heterocycles. The first kappa shape index (κ1) is 11.7. The van der Waals surface area contributed by atoms with Crippen LogP contribution in [-0.2, 0) is 0 Å². The number of anilines is 2. The largest absolute Gasteiger partial charge is 0.399 e. The van der Waals surface area contributed by atoms with E-state index in [9.17, 15) is 9.90 Å². The van der Waals surface area contributed by atoms with Gasteiger partial charge in [-0.3, -0.25) is 4.79 Å². The van der Waals surface area contributed by atoms with Gasteiger partial charge in [-0.1, -0.05) is 0 Å². The summed E-state index contributed by atoms with van der Waals surface area (Å²) in [6.45, 7) is 0.271. The predicted octanol–water partition coefficient (Wildman–Crippen LogP) is 0.352. The first-order valence-electron chi connectivity index (χ1n) is 5.69. The smallest absolute Gasteiger partial charge is 0.253 e. The molecule has 2 rings (SSSR count). The average molecular weight is 235 g/mol. The molecule has 1 aromatic carbocycles. The van der Waals surface area contributed by atoms with Crippen molar-refractivity contribution < 1.29 is 9.90 Å². The van der Waals surface area contributed by atoms with Gasteiger partial charge in [0.1, 0.15) is 0 Å². The van der Waals surface area contributed by atoms with Crippen LogP contribution >= 0.6 is 0 Å². The second-order valence-electron chi connectivity index (χ2n) is 4.46. The summed E-state index contributed by atoms with van der Waals surface area (Å²) < 4.78 is 0. The van der Waals surface area contributed by atoms with Crippen LogP contribution in [0.15, 0.2) is 18.2 Å². The molecule has 0 aliphatic heterocycles. The van der Waals surface area contributed by atoms with Crippen molar-refractivity contribution in [3.05, 3.63) is 23.8 Å². The highest BCUT2D eigenvalue weighted by Gasteiger charge is 2.29. The SMILES string of the molecule is Nc1ccc(C(=O)NCC(O)C2CC2)c(N)c1. The molecule has 0 heterocycles. The lowest BCUT2D eigenvalue weighted by molar-refractivity contribution is 0.0902. The van der Waals surface area contributed by atoms with Gasteiger partial charge in [0, 0.05) is 17.9 Å². The van der Waals surface area contributed by atoms with Gasteiger partial charge in [-0.15, -0.1) is 0 Å². The van der Waals surface area contributed by atoms with E-state index < -0.39 is 6.10 Å². The molecule has 6 N–H and O–H groups in total. The molecule has 1 saturated carbocycles. The fourth-order valence-electron chi connectivity index (χ4n) is 1.73. The molecule has 1 aliphatic rings. The lowest BCUT2D eigenvalue weighted by atomic mass is 10.1. The average Bonchev–Trinajstić information content (AvgIpc) is 3.09. The van der Waals surface area contributed by atoms with E-state index in [1.807, 2.05) is 0 Å². The van der Waals surface area contributed by atoms with Crippen LogP contribution in [-0.4, -0.2) is 23.7 Å². The quantitative estimate of drug-likeness (QED) is 0.566. The predicted molar refractivity (Wildman–Crippen MR) is 66.3 cm³/mol. The number of rotatable bonds is 4. The number of carbonyl (C=O) groups is 1. The number of hydrogen-bond donors (Lipinski definition) is 4. The van der Waals surface area contributed by atoms with Gasteiger partial charge in [0.15, 0.2) is 0 Å². The van der Waals surface area contributed by atoms with E-state index in [1.54, 1.807) is 18.2 Å². The molecule has 92 valence electrons. The third-order valence-electron chi connectivity index (χ3n) is 2.96. The Labute approximate surface area is 99.8 Å². The summed E-state index contributed by atoms with van der Waals surface area (Å²) in [5.74, 6) is 0.0706. The first-order chi connectivity index (χ1) is 8.08. The van der Waals surface area contributed by atoms with E-state index in [2.05, 4.69) is 5.32 Å². The summed E-state index contributed by atoms with van der Waals surface area (Å²) >= 11 is 0. The Hall–Kier alpha value is -1.75. The van der Waals surface area contributed by atoms with Gasteiger partial charge in [0.05, 0.1) is 11.7 Å². The van der Waals surface area contributed by atoms with Crippen LogP contribution in [0.1, 0.15) is 23.2 Å². The Kier molecular flexibility index (Phi) is 3.19. The number of carbonyl (C=O) groups excluding carboxylic acids is 1. The highest BCUT2D eigenvalue weighted by Crippen LogP contribution is 2.32. The van der Waals surface area contributed by atoms with Gasteiger partial charge in [-0.05, 0) is 37.0 Å². The maximum absolute atomic E-state index is 11.8. The minimum Gasteiger partial charge on any atom is -0.399 e. The van der Waals surface area contributed by atoms with Crippen LogP contribution in [0.4, 0.5) is 11.4 Å². The van der Waals surface area contributed by atoms with E-state index in [0.717, 1.165) is 12.8 Å². The van der Waals surface area contributed by atoms with Crippen LogP contribution in [0.2, 0.25) is 0 Å². The molecule has 0 spiro atoms. The highest BCUT2D eigenvalue weighted by molar-refractivity contribution is 5.99. The standard InChI is InChI=1S/C12H17N3O2/c13-8-3-4-9(10(14)5-8)12(17)15-6-11(16)7-1-2-7/h3-5,7,11,16H,1-2,6,13-14H2,(H,15,17). The van der Waals surface area contributed by atoms with Crippen molar-refractivity contribution in [1.82, 2.24) is 5.32 Å². The van der Waals surface area contributed by atoms with Crippen molar-refractivity contribution in [3.63, 3.8) is 0 Å². The molecule has 0 radical (unpaired) electrons. The second-order valence-corrected chi connectivity index (χ2v) is 4.46. The van der Waals surface area contributed by atoms with Crippen LogP contribution < -0.4 is 16.8 Å². The summed E-state index contributed by atoms with van der Waals surface area (Å²) in [7, 11) is 0. The first-order valence-corrected chi connectivity index (χ1v) is 5.69. The Morgan fingerprint density at radius 3 is 2.76 bits per heavy atom. The molecule has 1 aromatic rings. The van der Waals surface area contributed by atoms with E-state index in [-0.39, 0.29) is 12.5 Å². The Balaban J connectivity index is 1.94. The van der Waals surface area contributed by atoms with E-state index in [4.69, 9.17) is 11.5 Å². The summed E-state index contributed by atoms with van der Waals surface area (Å²) in [6, 6.07) is 4.76. The summed E-state index contributed by atoms with van der Waals surface area (Å²) in [5, 5.41) is 12.3. The molecule has 1 unspecified atom stereocenters. The molecule has 17 heavy (non-hydrogen) atoms. The number of amides is 1.